The summed E-state index contributed by atoms with van der Waals surface area (Å²) < 4.78 is 0. The molecule has 0 aromatic rings. The molecule has 9 nitrogen and oxygen atoms in total. The molecule has 0 aromatic heterocycles. The van der Waals surface area contributed by atoms with Gasteiger partial charge in [-0.1, -0.05) is 0 Å². The van der Waals surface area contributed by atoms with Crippen LogP contribution in [0.25, 0.3) is 0 Å². The van der Waals surface area contributed by atoms with Crippen LogP contribution < -0.4 is 5.32 Å². The van der Waals surface area contributed by atoms with Crippen LogP contribution in [0.2, 0.25) is 0 Å². The maximum absolute atomic E-state index is 11.4. The van der Waals surface area contributed by atoms with Crippen LogP contribution in [0.3, 0.4) is 0 Å². The minimum absolute atomic E-state index is 0. The Morgan fingerprint density at radius 2 is 2.00 bits per heavy atom. The Labute approximate surface area is 157 Å². The van der Waals surface area contributed by atoms with Crippen molar-refractivity contribution in [2.45, 2.75) is 25.4 Å². The predicted molar refractivity (Wildman–Crippen MR) is 67.3 cm³/mol. The summed E-state index contributed by atoms with van der Waals surface area (Å²) in [6, 6.07) is -0.497. The Hall–Kier alpha value is -0.864. The van der Waals surface area contributed by atoms with Crippen LogP contribution in [0.1, 0.15) is 19.3 Å². The molecule has 0 aliphatic carbocycles. The molecule has 0 aromatic carbocycles. The number of nitrogens with zero attached hydrogens (tertiary/aromatic N) is 3. The second-order valence-corrected chi connectivity index (χ2v) is 4.03. The number of amides is 4. The molecule has 0 bridgehead atoms. The predicted octanol–water partition coefficient (Wildman–Crippen LogP) is -0.780. The molecule has 1 unspecified atom stereocenters. The number of carboxylic acid groups (broad SMARTS) is 1. The quantitative estimate of drug-likeness (QED) is 0.330. The van der Waals surface area contributed by atoms with Crippen molar-refractivity contribution in [2.75, 3.05) is 13.1 Å². The van der Waals surface area contributed by atoms with E-state index in [0.29, 0.717) is 13.0 Å². The van der Waals surface area contributed by atoms with Crippen molar-refractivity contribution in [2.24, 2.45) is 0 Å². The van der Waals surface area contributed by atoms with Crippen molar-refractivity contribution in [3.05, 3.63) is 0 Å². The van der Waals surface area contributed by atoms with Crippen LogP contribution in [0.4, 0.5) is 9.59 Å². The van der Waals surface area contributed by atoms with Gasteiger partial charge in [0.15, 0.2) is 0 Å². The van der Waals surface area contributed by atoms with Gasteiger partial charge in [-0.3, -0.25) is 19.9 Å². The van der Waals surface area contributed by atoms with Gasteiger partial charge in [0.05, 0.1) is 0 Å². The normalized spacial score (nSPS) is 21.1. The number of hydrogen-bond acceptors (Lipinski definition) is 5. The van der Waals surface area contributed by atoms with E-state index in [1.165, 1.54) is 9.80 Å². The molecule has 2 aliphatic heterocycles. The molecule has 106 valence electrons. The first-order chi connectivity index (χ1) is 9.01. The van der Waals surface area contributed by atoms with Gasteiger partial charge in [0.1, 0.15) is 12.7 Å². The molecule has 4 amide bonds. The maximum atomic E-state index is 11.4. The molecule has 2 saturated heterocycles. The van der Waals surface area contributed by atoms with E-state index in [9.17, 15) is 14.4 Å². The summed E-state index contributed by atoms with van der Waals surface area (Å²) in [5.41, 5.74) is 0. The third-order valence-corrected chi connectivity index (χ3v) is 2.90. The Bertz CT molecular complexity index is 424. The van der Waals surface area contributed by atoms with E-state index in [0.717, 1.165) is 19.1 Å². The zero-order valence-corrected chi connectivity index (χ0v) is 10.1. The molecule has 2 aliphatic rings. The second-order valence-electron chi connectivity index (χ2n) is 4.03. The SMILES string of the molecule is N#CO.O=C1CN(C2CCCCN2C(=O)O)C(=O)N1.[KH]. The van der Waals surface area contributed by atoms with E-state index in [1.54, 1.807) is 0 Å². The number of aliphatic hydroxyl groups excluding tert-OH is 1. The number of rotatable bonds is 1. The number of likely N-dealkylation sites (tertiary alicyclic amines) is 1. The summed E-state index contributed by atoms with van der Waals surface area (Å²) in [6.45, 7) is 0.366. The van der Waals surface area contributed by atoms with Gasteiger partial charge in [-0.15, -0.1) is 0 Å². The summed E-state index contributed by atoms with van der Waals surface area (Å²) in [4.78, 5) is 36.0. The minimum atomic E-state index is -1.04. The molecule has 3 N–H and O–H groups in total. The number of imide groups is 1. The zero-order chi connectivity index (χ0) is 14.4. The topological polar surface area (TPSA) is 134 Å². The second kappa shape index (κ2) is 9.14. The van der Waals surface area contributed by atoms with Gasteiger partial charge in [0, 0.05) is 6.54 Å². The number of carbonyl (C=O) groups is 3. The number of nitrogens with one attached hydrogen (secondary N) is 1. The molecule has 10 heteroatoms. The third-order valence-electron chi connectivity index (χ3n) is 2.90. The monoisotopic (exact) mass is 310 g/mol. The van der Waals surface area contributed by atoms with Crippen LogP contribution in [0, 0.1) is 11.5 Å². The first kappa shape index (κ1) is 19.1. The van der Waals surface area contributed by atoms with Crippen molar-refractivity contribution in [1.82, 2.24) is 15.1 Å². The molecule has 20 heavy (non-hydrogen) atoms. The molecular formula is C10H15KN4O5. The molecule has 0 spiro atoms. The van der Waals surface area contributed by atoms with Crippen molar-refractivity contribution in [3.63, 3.8) is 0 Å². The summed E-state index contributed by atoms with van der Waals surface area (Å²) in [7, 11) is 0. The number of nitriles is 1. The van der Waals surface area contributed by atoms with Gasteiger partial charge < -0.3 is 10.2 Å². The Morgan fingerprint density at radius 3 is 2.45 bits per heavy atom. The number of piperidine rings is 1. The Morgan fingerprint density at radius 1 is 1.40 bits per heavy atom. The zero-order valence-electron chi connectivity index (χ0n) is 10.1. The van der Waals surface area contributed by atoms with E-state index in [2.05, 4.69) is 5.32 Å². The fourth-order valence-corrected chi connectivity index (χ4v) is 2.16. The van der Waals surface area contributed by atoms with Gasteiger partial charge in [-0.2, -0.15) is 5.26 Å². The average molecular weight is 310 g/mol. The standard InChI is InChI=1S/C9H13N3O4.CHNO.K.H/c13-6-5-12(8(14)10-6)7-3-1-2-4-11(7)9(15)16;2-1-3;;/h7H,1-5H2,(H,15,16)(H,10,13,14);3H;;. The van der Waals surface area contributed by atoms with E-state index >= 15 is 0 Å². The summed E-state index contributed by atoms with van der Waals surface area (Å²) in [6.07, 6.45) is 1.46. The van der Waals surface area contributed by atoms with Crippen LogP contribution in [-0.2, 0) is 4.79 Å². The molecule has 0 saturated carbocycles. The van der Waals surface area contributed by atoms with Crippen molar-refractivity contribution in [3.8, 4) is 6.26 Å². The first-order valence-electron chi connectivity index (χ1n) is 5.64. The average Bonchev–Trinajstić information content (AvgIpc) is 2.69. The van der Waals surface area contributed by atoms with Crippen LogP contribution >= 0.6 is 0 Å². The summed E-state index contributed by atoms with van der Waals surface area (Å²) >= 11 is 0. The fraction of sp³-hybridized carbons (Fsp3) is 0.600. The fourth-order valence-electron chi connectivity index (χ4n) is 2.16. The molecule has 2 rings (SSSR count). The Kier molecular flexibility index (Phi) is 8.75. The number of hydrogen-bond donors (Lipinski definition) is 3. The summed E-state index contributed by atoms with van der Waals surface area (Å²) in [5.74, 6) is -0.374. The van der Waals surface area contributed by atoms with Gasteiger partial charge in [-0.05, 0) is 19.3 Å². The van der Waals surface area contributed by atoms with Crippen molar-refractivity contribution < 1.29 is 24.6 Å². The molecule has 1 atom stereocenters. The molecule has 0 radical (unpaired) electrons. The molecule has 2 heterocycles. The van der Waals surface area contributed by atoms with E-state index in [4.69, 9.17) is 15.5 Å². The van der Waals surface area contributed by atoms with Gasteiger partial charge in [0.25, 0.3) is 6.26 Å². The van der Waals surface area contributed by atoms with Crippen LogP contribution in [0.5, 0.6) is 0 Å². The number of aliphatic hydroxyl groups is 1. The first-order valence-corrected chi connectivity index (χ1v) is 5.64. The van der Waals surface area contributed by atoms with Crippen molar-refractivity contribution >= 4 is 69.4 Å². The van der Waals surface area contributed by atoms with Gasteiger partial charge in [0.2, 0.25) is 5.91 Å². The van der Waals surface area contributed by atoms with Gasteiger partial charge >= 0.3 is 63.5 Å². The van der Waals surface area contributed by atoms with Crippen LogP contribution in [0.15, 0.2) is 0 Å². The van der Waals surface area contributed by atoms with E-state index in [-0.39, 0.29) is 63.8 Å². The Balaban J connectivity index is 0.000000830. The van der Waals surface area contributed by atoms with Crippen LogP contribution in [-0.4, -0.2) is 109 Å². The van der Waals surface area contributed by atoms with Gasteiger partial charge in [-0.25, -0.2) is 9.59 Å². The molecular weight excluding hydrogens is 295 g/mol. The van der Waals surface area contributed by atoms with E-state index < -0.39 is 18.3 Å². The number of urea groups is 1. The summed E-state index contributed by atoms with van der Waals surface area (Å²) in [5, 5.41) is 24.9. The van der Waals surface area contributed by atoms with E-state index in [1.807, 2.05) is 0 Å². The third kappa shape index (κ3) is 4.91. The number of carbonyl (C=O) groups excluding carboxylic acids is 2. The van der Waals surface area contributed by atoms with Crippen molar-refractivity contribution in [1.29, 1.82) is 5.26 Å². The molecule has 2 fully saturated rings.